The molecule has 7 heteroatoms. The minimum atomic E-state index is -3.28. The van der Waals surface area contributed by atoms with Crippen LogP contribution in [-0.4, -0.2) is 19.7 Å². The molecule has 0 radical (unpaired) electrons. The third kappa shape index (κ3) is 4.71. The number of rotatable bonds is 5. The Morgan fingerprint density at radius 3 is 2.33 bits per heavy atom. The zero-order valence-corrected chi connectivity index (χ0v) is 12.5. The molecule has 21 heavy (non-hydrogen) atoms. The lowest BCUT2D eigenvalue weighted by Crippen LogP contribution is -2.10. The third-order valence-corrected chi connectivity index (χ3v) is 3.40. The molecule has 0 amide bonds. The minimum Gasteiger partial charge on any atom is -0.378 e. The summed E-state index contributed by atoms with van der Waals surface area (Å²) in [6.07, 6.45) is 3.85. The molecule has 0 saturated heterocycles. The van der Waals surface area contributed by atoms with Crippen molar-refractivity contribution in [3.05, 3.63) is 54.1 Å². The topological polar surface area (TPSA) is 71.1 Å². The first-order chi connectivity index (χ1) is 9.83. The van der Waals surface area contributed by atoms with Crippen molar-refractivity contribution in [1.82, 2.24) is 4.98 Å². The summed E-state index contributed by atoms with van der Waals surface area (Å²) in [6, 6.07) is 8.10. The lowest BCUT2D eigenvalue weighted by Gasteiger charge is -2.15. The van der Waals surface area contributed by atoms with Crippen molar-refractivity contribution in [2.45, 2.75) is 13.0 Å². The molecule has 0 bridgehead atoms. The number of nitrogens with one attached hydrogen (secondary N) is 2. The first-order valence-corrected chi connectivity index (χ1v) is 8.17. The van der Waals surface area contributed by atoms with E-state index in [4.69, 9.17) is 0 Å². The maximum atomic E-state index is 13.1. The largest absolute Gasteiger partial charge is 0.378 e. The van der Waals surface area contributed by atoms with Crippen LogP contribution in [0.15, 0.2) is 42.7 Å². The van der Waals surface area contributed by atoms with Crippen molar-refractivity contribution in [2.24, 2.45) is 0 Å². The molecule has 2 rings (SSSR count). The van der Waals surface area contributed by atoms with Crippen molar-refractivity contribution in [3.8, 4) is 0 Å². The lowest BCUT2D eigenvalue weighted by atomic mass is 10.1. The fourth-order valence-electron chi connectivity index (χ4n) is 1.85. The fraction of sp³-hybridized carbons (Fsp3) is 0.214. The second-order valence-electron chi connectivity index (χ2n) is 4.75. The molecule has 112 valence electrons. The summed E-state index contributed by atoms with van der Waals surface area (Å²) in [7, 11) is -3.28. The van der Waals surface area contributed by atoms with Gasteiger partial charge in [-0.3, -0.25) is 9.71 Å². The van der Waals surface area contributed by atoms with E-state index in [0.29, 0.717) is 5.69 Å². The number of hydrogen-bond acceptors (Lipinski definition) is 4. The van der Waals surface area contributed by atoms with Crippen LogP contribution < -0.4 is 10.0 Å². The van der Waals surface area contributed by atoms with Crippen LogP contribution in [0.25, 0.3) is 0 Å². The highest BCUT2D eigenvalue weighted by atomic mass is 32.2. The van der Waals surface area contributed by atoms with Crippen molar-refractivity contribution >= 4 is 21.4 Å². The average molecular weight is 309 g/mol. The number of anilines is 2. The van der Waals surface area contributed by atoms with Gasteiger partial charge < -0.3 is 5.32 Å². The standard InChI is InChI=1S/C14H16FN3O2S/c1-10(11-7-12(15)9-16-8-11)17-13-3-5-14(6-4-13)18-21(2,19)20/h3-10,17-18H,1-2H3. The maximum absolute atomic E-state index is 13.1. The van der Waals surface area contributed by atoms with Crippen LogP contribution in [0.3, 0.4) is 0 Å². The number of nitrogens with zero attached hydrogens (tertiary/aromatic N) is 1. The molecule has 0 spiro atoms. The Bertz CT molecular complexity index is 717. The molecule has 1 aromatic carbocycles. The summed E-state index contributed by atoms with van der Waals surface area (Å²) in [5.74, 6) is -0.381. The molecule has 1 unspecified atom stereocenters. The summed E-state index contributed by atoms with van der Waals surface area (Å²) < 4.78 is 37.7. The van der Waals surface area contributed by atoms with E-state index in [9.17, 15) is 12.8 Å². The SMILES string of the molecule is CC(Nc1ccc(NS(C)(=O)=O)cc1)c1cncc(F)c1. The van der Waals surface area contributed by atoms with Gasteiger partial charge in [-0.25, -0.2) is 12.8 Å². The summed E-state index contributed by atoms with van der Waals surface area (Å²) in [4.78, 5) is 3.81. The molecule has 0 saturated carbocycles. The molecule has 0 aliphatic carbocycles. The van der Waals surface area contributed by atoms with Crippen LogP contribution >= 0.6 is 0 Å². The van der Waals surface area contributed by atoms with Gasteiger partial charge in [0, 0.05) is 17.6 Å². The number of aromatic nitrogens is 1. The van der Waals surface area contributed by atoms with E-state index in [1.54, 1.807) is 30.5 Å². The molecule has 1 heterocycles. The van der Waals surface area contributed by atoms with Gasteiger partial charge in [0.1, 0.15) is 5.82 Å². The average Bonchev–Trinajstić information content (AvgIpc) is 2.39. The van der Waals surface area contributed by atoms with Crippen LogP contribution in [0.5, 0.6) is 0 Å². The van der Waals surface area contributed by atoms with E-state index in [1.807, 2.05) is 6.92 Å². The van der Waals surface area contributed by atoms with E-state index >= 15 is 0 Å². The Kier molecular flexibility index (Phi) is 4.42. The summed E-state index contributed by atoms with van der Waals surface area (Å²) in [5.41, 5.74) is 2.02. The number of sulfonamides is 1. The zero-order chi connectivity index (χ0) is 15.5. The molecule has 5 nitrogen and oxygen atoms in total. The van der Waals surface area contributed by atoms with E-state index in [2.05, 4.69) is 15.0 Å². The smallest absolute Gasteiger partial charge is 0.229 e. The predicted octanol–water partition coefficient (Wildman–Crippen LogP) is 2.77. The first-order valence-electron chi connectivity index (χ1n) is 6.28. The highest BCUT2D eigenvalue weighted by Crippen LogP contribution is 2.21. The molecule has 0 aliphatic heterocycles. The van der Waals surface area contributed by atoms with Crippen LogP contribution in [0.1, 0.15) is 18.5 Å². The van der Waals surface area contributed by atoms with Gasteiger partial charge in [-0.05, 0) is 42.8 Å². The van der Waals surface area contributed by atoms with Crippen LogP contribution in [-0.2, 0) is 10.0 Å². The van der Waals surface area contributed by atoms with E-state index in [1.165, 1.54) is 6.07 Å². The normalized spacial score (nSPS) is 12.7. The van der Waals surface area contributed by atoms with Gasteiger partial charge in [-0.2, -0.15) is 0 Å². The van der Waals surface area contributed by atoms with Gasteiger partial charge in [0.05, 0.1) is 18.5 Å². The third-order valence-electron chi connectivity index (χ3n) is 2.80. The van der Waals surface area contributed by atoms with Crippen molar-refractivity contribution in [2.75, 3.05) is 16.3 Å². The van der Waals surface area contributed by atoms with Crippen molar-refractivity contribution in [1.29, 1.82) is 0 Å². The highest BCUT2D eigenvalue weighted by Gasteiger charge is 2.07. The van der Waals surface area contributed by atoms with Crippen molar-refractivity contribution in [3.63, 3.8) is 0 Å². The van der Waals surface area contributed by atoms with Gasteiger partial charge in [0.25, 0.3) is 0 Å². The molecule has 0 aliphatic rings. The first kappa shape index (κ1) is 15.2. The van der Waals surface area contributed by atoms with Gasteiger partial charge in [0.15, 0.2) is 0 Å². The molecule has 0 fully saturated rings. The molecule has 1 aromatic heterocycles. The summed E-state index contributed by atoms with van der Waals surface area (Å²) >= 11 is 0. The maximum Gasteiger partial charge on any atom is 0.229 e. The Morgan fingerprint density at radius 2 is 1.76 bits per heavy atom. The quantitative estimate of drug-likeness (QED) is 0.891. The van der Waals surface area contributed by atoms with Gasteiger partial charge >= 0.3 is 0 Å². The number of hydrogen-bond donors (Lipinski definition) is 2. The van der Waals surface area contributed by atoms with Crippen LogP contribution in [0.4, 0.5) is 15.8 Å². The van der Waals surface area contributed by atoms with Crippen LogP contribution in [0, 0.1) is 5.82 Å². The van der Waals surface area contributed by atoms with E-state index < -0.39 is 10.0 Å². The zero-order valence-electron chi connectivity index (χ0n) is 11.7. The Labute approximate surface area is 123 Å². The highest BCUT2D eigenvalue weighted by molar-refractivity contribution is 7.92. The van der Waals surface area contributed by atoms with E-state index in [0.717, 1.165) is 23.7 Å². The number of pyridine rings is 1. The fourth-order valence-corrected chi connectivity index (χ4v) is 2.41. The van der Waals surface area contributed by atoms with Crippen molar-refractivity contribution < 1.29 is 12.8 Å². The monoisotopic (exact) mass is 309 g/mol. The molecular formula is C14H16FN3O2S. The molecular weight excluding hydrogens is 293 g/mol. The van der Waals surface area contributed by atoms with Gasteiger partial charge in [-0.1, -0.05) is 0 Å². The second-order valence-corrected chi connectivity index (χ2v) is 6.50. The lowest BCUT2D eigenvalue weighted by molar-refractivity contribution is 0.607. The predicted molar refractivity (Wildman–Crippen MR) is 81.1 cm³/mol. The Morgan fingerprint density at radius 1 is 1.14 bits per heavy atom. The molecule has 2 N–H and O–H groups in total. The van der Waals surface area contributed by atoms with E-state index in [-0.39, 0.29) is 11.9 Å². The Hall–Kier alpha value is -2.15. The second kappa shape index (κ2) is 6.09. The van der Waals surface area contributed by atoms with Gasteiger partial charge in [-0.15, -0.1) is 0 Å². The van der Waals surface area contributed by atoms with Gasteiger partial charge in [0.2, 0.25) is 10.0 Å². The molecule has 2 aromatic rings. The number of halogens is 1. The molecule has 1 atom stereocenters. The summed E-state index contributed by atoms with van der Waals surface area (Å²) in [6.45, 7) is 1.89. The summed E-state index contributed by atoms with van der Waals surface area (Å²) in [5, 5.41) is 3.19. The Balaban J connectivity index is 2.06. The number of benzene rings is 1. The van der Waals surface area contributed by atoms with Crippen LogP contribution in [0.2, 0.25) is 0 Å². The minimum absolute atomic E-state index is 0.123.